The highest BCUT2D eigenvalue weighted by molar-refractivity contribution is 7.98. The summed E-state index contributed by atoms with van der Waals surface area (Å²) in [6.07, 6.45) is 3.69. The molecule has 0 unspecified atom stereocenters. The predicted molar refractivity (Wildman–Crippen MR) is 75.5 cm³/mol. The summed E-state index contributed by atoms with van der Waals surface area (Å²) in [5.74, 6) is 0.774. The van der Waals surface area contributed by atoms with Crippen molar-refractivity contribution >= 4 is 22.7 Å². The highest BCUT2D eigenvalue weighted by Gasteiger charge is 2.12. The molecule has 0 atom stereocenters. The Bertz CT molecular complexity index is 725. The minimum Gasteiger partial charge on any atom is -0.494 e. The zero-order chi connectivity index (χ0) is 13.2. The van der Waals surface area contributed by atoms with Crippen LogP contribution in [0.1, 0.15) is 0 Å². The number of thioether (sulfide) groups is 1. The van der Waals surface area contributed by atoms with Crippen molar-refractivity contribution in [1.82, 2.24) is 20.2 Å². The largest absolute Gasteiger partial charge is 0.494 e. The molecule has 2 heterocycles. The zero-order valence-electron chi connectivity index (χ0n) is 10.5. The molecule has 0 saturated heterocycles. The van der Waals surface area contributed by atoms with E-state index in [2.05, 4.69) is 20.2 Å². The first-order valence-corrected chi connectivity index (χ1v) is 6.94. The van der Waals surface area contributed by atoms with Crippen molar-refractivity contribution in [3.63, 3.8) is 0 Å². The average Bonchev–Trinajstić information content (AvgIpc) is 2.91. The number of hydrogen-bond donors (Lipinski definition) is 1. The molecule has 2 aromatic heterocycles. The fraction of sp³-hybridized carbons (Fsp3) is 0.154. The van der Waals surface area contributed by atoms with Gasteiger partial charge in [0.1, 0.15) is 17.0 Å². The number of H-pyrrole nitrogens is 1. The summed E-state index contributed by atoms with van der Waals surface area (Å²) in [4.78, 5) is 8.64. The van der Waals surface area contributed by atoms with Gasteiger partial charge < -0.3 is 4.74 Å². The molecule has 96 valence electrons. The van der Waals surface area contributed by atoms with Gasteiger partial charge in [0.05, 0.1) is 12.8 Å². The molecule has 0 aliphatic rings. The van der Waals surface area contributed by atoms with Crippen molar-refractivity contribution in [3.8, 4) is 17.1 Å². The van der Waals surface area contributed by atoms with Crippen LogP contribution in [0.25, 0.3) is 22.3 Å². The molecule has 19 heavy (non-hydrogen) atoms. The quantitative estimate of drug-likeness (QED) is 0.586. The summed E-state index contributed by atoms with van der Waals surface area (Å²) < 4.78 is 5.31. The molecule has 6 heteroatoms. The smallest absolute Gasteiger partial charge is 0.187 e. The molecule has 0 fully saturated rings. The van der Waals surface area contributed by atoms with Gasteiger partial charge in [-0.15, -0.1) is 0 Å². The van der Waals surface area contributed by atoms with Crippen LogP contribution in [0.4, 0.5) is 0 Å². The maximum absolute atomic E-state index is 5.31. The van der Waals surface area contributed by atoms with E-state index in [0.717, 1.165) is 33.2 Å². The van der Waals surface area contributed by atoms with Gasteiger partial charge >= 0.3 is 0 Å². The lowest BCUT2D eigenvalue weighted by atomic mass is 10.1. The number of nitrogens with one attached hydrogen (secondary N) is 1. The van der Waals surface area contributed by atoms with Crippen molar-refractivity contribution in [1.29, 1.82) is 0 Å². The first kappa shape index (κ1) is 12.0. The van der Waals surface area contributed by atoms with Gasteiger partial charge in [0.25, 0.3) is 0 Å². The molecule has 5 nitrogen and oxygen atoms in total. The standard InChI is InChI=1S/C13H12N4OS/c1-18-10-5-3-4-8-11(16-17-12(8)10)9-6-7-14-13(15-9)19-2/h3-7H,1-2H3,(H,16,17). The Morgan fingerprint density at radius 3 is 2.95 bits per heavy atom. The molecule has 1 N–H and O–H groups in total. The first-order chi connectivity index (χ1) is 9.33. The van der Waals surface area contributed by atoms with E-state index in [0.29, 0.717) is 0 Å². The van der Waals surface area contributed by atoms with Crippen LogP contribution < -0.4 is 4.74 Å². The number of methoxy groups -OCH3 is 1. The van der Waals surface area contributed by atoms with Gasteiger partial charge in [0.2, 0.25) is 0 Å². The fourth-order valence-electron chi connectivity index (χ4n) is 1.95. The van der Waals surface area contributed by atoms with E-state index in [1.54, 1.807) is 13.3 Å². The Hall–Kier alpha value is -2.08. The molecule has 0 saturated carbocycles. The molecule has 0 aliphatic carbocycles. The molecule has 3 rings (SSSR count). The van der Waals surface area contributed by atoms with Crippen molar-refractivity contribution in [2.75, 3.05) is 13.4 Å². The minimum absolute atomic E-state index is 0.733. The van der Waals surface area contributed by atoms with Gasteiger partial charge in [-0.05, 0) is 18.4 Å². The van der Waals surface area contributed by atoms with Crippen molar-refractivity contribution in [3.05, 3.63) is 30.5 Å². The fourth-order valence-corrected chi connectivity index (χ4v) is 2.31. The average molecular weight is 272 g/mol. The third-order valence-corrected chi connectivity index (χ3v) is 3.40. The third kappa shape index (κ3) is 2.04. The van der Waals surface area contributed by atoms with E-state index in [1.165, 1.54) is 11.8 Å². The monoisotopic (exact) mass is 272 g/mol. The van der Waals surface area contributed by atoms with Crippen molar-refractivity contribution in [2.24, 2.45) is 0 Å². The molecule has 3 aromatic rings. The number of fused-ring (bicyclic) bond motifs is 1. The Morgan fingerprint density at radius 2 is 2.16 bits per heavy atom. The van der Waals surface area contributed by atoms with Crippen LogP contribution >= 0.6 is 11.8 Å². The van der Waals surface area contributed by atoms with Crippen LogP contribution in [0.2, 0.25) is 0 Å². The highest BCUT2D eigenvalue weighted by Crippen LogP contribution is 2.30. The lowest BCUT2D eigenvalue weighted by molar-refractivity contribution is 0.419. The Morgan fingerprint density at radius 1 is 1.26 bits per heavy atom. The maximum atomic E-state index is 5.31. The van der Waals surface area contributed by atoms with Crippen LogP contribution in [0.5, 0.6) is 5.75 Å². The van der Waals surface area contributed by atoms with Gasteiger partial charge in [-0.25, -0.2) is 9.97 Å². The van der Waals surface area contributed by atoms with Gasteiger partial charge in [0.15, 0.2) is 5.16 Å². The summed E-state index contributed by atoms with van der Waals surface area (Å²) in [5, 5.41) is 9.07. The van der Waals surface area contributed by atoms with Crippen LogP contribution in [-0.2, 0) is 0 Å². The number of rotatable bonds is 3. The summed E-state index contributed by atoms with van der Waals surface area (Å²) in [5.41, 5.74) is 2.50. The Balaban J connectivity index is 2.20. The van der Waals surface area contributed by atoms with Crippen molar-refractivity contribution in [2.45, 2.75) is 5.16 Å². The molecule has 0 bridgehead atoms. The lowest BCUT2D eigenvalue weighted by Crippen LogP contribution is -1.89. The number of nitrogens with zero attached hydrogens (tertiary/aromatic N) is 3. The molecule has 0 spiro atoms. The number of para-hydroxylation sites is 1. The summed E-state index contributed by atoms with van der Waals surface area (Å²) in [6.45, 7) is 0. The maximum Gasteiger partial charge on any atom is 0.187 e. The van der Waals surface area contributed by atoms with E-state index in [1.807, 2.05) is 30.5 Å². The normalized spacial score (nSPS) is 10.8. The van der Waals surface area contributed by atoms with Gasteiger partial charge in [0, 0.05) is 11.6 Å². The number of aromatic amines is 1. The number of aromatic nitrogens is 4. The van der Waals surface area contributed by atoms with E-state index in [-0.39, 0.29) is 0 Å². The minimum atomic E-state index is 0.733. The Labute approximate surface area is 114 Å². The van der Waals surface area contributed by atoms with Crippen LogP contribution in [0.15, 0.2) is 35.6 Å². The van der Waals surface area contributed by atoms with Gasteiger partial charge in [-0.2, -0.15) is 5.10 Å². The SMILES string of the molecule is COc1cccc2c(-c3ccnc(SC)n3)n[nH]c12. The highest BCUT2D eigenvalue weighted by atomic mass is 32.2. The molecule has 0 aliphatic heterocycles. The van der Waals surface area contributed by atoms with Crippen molar-refractivity contribution < 1.29 is 4.74 Å². The number of benzene rings is 1. The van der Waals surface area contributed by atoms with E-state index < -0.39 is 0 Å². The topological polar surface area (TPSA) is 63.7 Å². The predicted octanol–water partition coefficient (Wildman–Crippen LogP) is 2.75. The van der Waals surface area contributed by atoms with E-state index >= 15 is 0 Å². The van der Waals surface area contributed by atoms with Crippen LogP contribution in [-0.4, -0.2) is 33.5 Å². The van der Waals surface area contributed by atoms with Gasteiger partial charge in [-0.1, -0.05) is 23.9 Å². The second kappa shape index (κ2) is 4.89. The molecule has 1 aromatic carbocycles. The van der Waals surface area contributed by atoms with Crippen LogP contribution in [0, 0.1) is 0 Å². The number of hydrogen-bond acceptors (Lipinski definition) is 5. The van der Waals surface area contributed by atoms with E-state index in [4.69, 9.17) is 4.74 Å². The molecular weight excluding hydrogens is 260 g/mol. The summed E-state index contributed by atoms with van der Waals surface area (Å²) >= 11 is 1.51. The zero-order valence-corrected chi connectivity index (χ0v) is 11.4. The number of ether oxygens (including phenoxy) is 1. The molecule has 0 radical (unpaired) electrons. The first-order valence-electron chi connectivity index (χ1n) is 5.72. The van der Waals surface area contributed by atoms with Gasteiger partial charge in [-0.3, -0.25) is 5.10 Å². The summed E-state index contributed by atoms with van der Waals surface area (Å²) in [7, 11) is 1.64. The van der Waals surface area contributed by atoms with Crippen LogP contribution in [0.3, 0.4) is 0 Å². The summed E-state index contributed by atoms with van der Waals surface area (Å²) in [6, 6.07) is 7.70. The molecule has 0 amide bonds. The lowest BCUT2D eigenvalue weighted by Gasteiger charge is -2.01. The third-order valence-electron chi connectivity index (χ3n) is 2.84. The second-order valence-corrected chi connectivity index (χ2v) is 4.66. The Kier molecular flexibility index (Phi) is 3.08. The second-order valence-electron chi connectivity index (χ2n) is 3.88. The van der Waals surface area contributed by atoms with E-state index in [9.17, 15) is 0 Å². The molecular formula is C13H12N4OS.